The second kappa shape index (κ2) is 9.21. The molecule has 2 aliphatic heterocycles. The zero-order valence-electron chi connectivity index (χ0n) is 21.3. The number of hydrogen-bond donors (Lipinski definition) is 2. The lowest BCUT2D eigenvalue weighted by Gasteiger charge is -2.18. The summed E-state index contributed by atoms with van der Waals surface area (Å²) in [4.78, 5) is 37.9. The van der Waals surface area contributed by atoms with Crippen LogP contribution in [0.4, 0.5) is 11.4 Å². The van der Waals surface area contributed by atoms with Gasteiger partial charge in [0.15, 0.2) is 10.9 Å². The van der Waals surface area contributed by atoms with Crippen LogP contribution >= 0.6 is 0 Å². The van der Waals surface area contributed by atoms with Crippen molar-refractivity contribution in [2.75, 3.05) is 36.0 Å². The van der Waals surface area contributed by atoms with Gasteiger partial charge in [0, 0.05) is 71.8 Å². The SMILES string of the molecule is O=c1cc(-c2ccc(N3CCCC3)cc2)[nH]c2cc3c(=O)cc(-c4ccc(N5CCCC5)cc4)[nH]c3cc12. The summed E-state index contributed by atoms with van der Waals surface area (Å²) in [5, 5.41) is 1.12. The van der Waals surface area contributed by atoms with E-state index in [1.54, 1.807) is 24.3 Å². The molecule has 7 rings (SSSR count). The molecule has 6 nitrogen and oxygen atoms in total. The third kappa shape index (κ3) is 4.06. The lowest BCUT2D eigenvalue weighted by Crippen LogP contribution is -2.17. The van der Waals surface area contributed by atoms with Crippen LogP contribution in [0.5, 0.6) is 0 Å². The van der Waals surface area contributed by atoms with Gasteiger partial charge in [-0.1, -0.05) is 24.3 Å². The van der Waals surface area contributed by atoms with Gasteiger partial charge in [-0.25, -0.2) is 0 Å². The highest BCUT2D eigenvalue weighted by Gasteiger charge is 2.15. The van der Waals surface area contributed by atoms with E-state index in [-0.39, 0.29) is 10.9 Å². The molecule has 2 N–H and O–H groups in total. The molecule has 2 aliphatic rings. The Hall–Kier alpha value is -4.32. The number of rotatable bonds is 4. The smallest absolute Gasteiger partial charge is 0.190 e. The van der Waals surface area contributed by atoms with Crippen molar-refractivity contribution in [2.24, 2.45) is 0 Å². The zero-order valence-corrected chi connectivity index (χ0v) is 21.3. The summed E-state index contributed by atoms with van der Waals surface area (Å²) in [6.07, 6.45) is 4.94. The van der Waals surface area contributed by atoms with Crippen molar-refractivity contribution >= 4 is 33.2 Å². The number of aromatic amines is 2. The Labute approximate surface area is 220 Å². The van der Waals surface area contributed by atoms with Crippen molar-refractivity contribution in [3.63, 3.8) is 0 Å². The quantitative estimate of drug-likeness (QED) is 0.300. The number of anilines is 2. The van der Waals surface area contributed by atoms with Crippen LogP contribution in [0.25, 0.3) is 44.3 Å². The number of aromatic nitrogens is 2. The largest absolute Gasteiger partial charge is 0.372 e. The molecule has 0 spiro atoms. The first kappa shape index (κ1) is 22.8. The molecular formula is C32H30N4O2. The van der Waals surface area contributed by atoms with Gasteiger partial charge in [0.05, 0.1) is 11.0 Å². The van der Waals surface area contributed by atoms with Gasteiger partial charge >= 0.3 is 0 Å². The van der Waals surface area contributed by atoms with Crippen LogP contribution in [-0.4, -0.2) is 36.1 Å². The van der Waals surface area contributed by atoms with Crippen LogP contribution in [-0.2, 0) is 0 Å². The Kier molecular flexibility index (Phi) is 5.54. The van der Waals surface area contributed by atoms with Crippen molar-refractivity contribution in [3.8, 4) is 22.5 Å². The van der Waals surface area contributed by atoms with Gasteiger partial charge in [-0.15, -0.1) is 0 Å². The van der Waals surface area contributed by atoms with Gasteiger partial charge in [0.2, 0.25) is 0 Å². The molecule has 0 aliphatic carbocycles. The molecule has 5 aromatic rings. The minimum Gasteiger partial charge on any atom is -0.372 e. The van der Waals surface area contributed by atoms with Gasteiger partial charge in [0.1, 0.15) is 0 Å². The Bertz CT molecular complexity index is 1620. The Balaban J connectivity index is 1.25. The monoisotopic (exact) mass is 502 g/mol. The van der Waals surface area contributed by atoms with E-state index in [2.05, 4.69) is 68.3 Å². The fraction of sp³-hybridized carbons (Fsp3) is 0.250. The summed E-state index contributed by atoms with van der Waals surface area (Å²) in [6.45, 7) is 4.39. The van der Waals surface area contributed by atoms with E-state index in [0.717, 1.165) is 48.7 Å². The maximum absolute atomic E-state index is 13.2. The summed E-state index contributed by atoms with van der Waals surface area (Å²) in [7, 11) is 0. The first-order chi connectivity index (χ1) is 18.6. The highest BCUT2D eigenvalue weighted by molar-refractivity contribution is 5.96. The number of benzene rings is 3. The molecule has 0 radical (unpaired) electrons. The molecule has 190 valence electrons. The van der Waals surface area contributed by atoms with E-state index in [1.807, 2.05) is 0 Å². The molecule has 0 atom stereocenters. The molecule has 2 fully saturated rings. The van der Waals surface area contributed by atoms with Gasteiger partial charge < -0.3 is 19.8 Å². The minimum atomic E-state index is -0.0690. The fourth-order valence-corrected chi connectivity index (χ4v) is 5.96. The zero-order chi connectivity index (χ0) is 25.6. The maximum Gasteiger partial charge on any atom is 0.190 e. The Morgan fingerprint density at radius 3 is 1.24 bits per heavy atom. The summed E-state index contributed by atoms with van der Waals surface area (Å²) in [6, 6.07) is 23.6. The standard InChI is InChI=1S/C32H30N4O2/c37-31-19-27(21-5-9-23(10-6-21)35-13-1-2-14-35)33-29-17-26-30(18-25(29)31)34-28(20-32(26)38)22-7-11-24(12-8-22)36-15-3-4-16-36/h5-12,17-20H,1-4,13-16H2,(H,33,37)(H,34,38). The molecule has 0 amide bonds. The van der Waals surface area contributed by atoms with Crippen molar-refractivity contribution in [1.82, 2.24) is 9.97 Å². The second-order valence-electron chi connectivity index (χ2n) is 10.5. The van der Waals surface area contributed by atoms with E-state index >= 15 is 0 Å². The molecule has 6 heteroatoms. The van der Waals surface area contributed by atoms with E-state index < -0.39 is 0 Å². The number of pyridine rings is 2. The van der Waals surface area contributed by atoms with Crippen LogP contribution in [0.15, 0.2) is 82.4 Å². The predicted octanol–water partition coefficient (Wildman–Crippen LogP) is 5.90. The summed E-state index contributed by atoms with van der Waals surface area (Å²) >= 11 is 0. The number of H-pyrrole nitrogens is 2. The van der Waals surface area contributed by atoms with Gasteiger partial charge in [-0.2, -0.15) is 0 Å². The van der Waals surface area contributed by atoms with Crippen LogP contribution < -0.4 is 20.7 Å². The highest BCUT2D eigenvalue weighted by Crippen LogP contribution is 2.28. The number of fused-ring (bicyclic) bond motifs is 2. The Morgan fingerprint density at radius 1 is 0.500 bits per heavy atom. The lowest BCUT2D eigenvalue weighted by atomic mass is 10.0. The van der Waals surface area contributed by atoms with Gasteiger partial charge in [-0.05, 0) is 73.2 Å². The topological polar surface area (TPSA) is 72.2 Å². The molecule has 38 heavy (non-hydrogen) atoms. The summed E-state index contributed by atoms with van der Waals surface area (Å²) in [5.41, 5.74) is 7.03. The molecule has 0 unspecified atom stereocenters. The third-order valence-corrected chi connectivity index (χ3v) is 8.08. The van der Waals surface area contributed by atoms with E-state index in [9.17, 15) is 9.59 Å². The van der Waals surface area contributed by atoms with Crippen LogP contribution in [0.1, 0.15) is 25.7 Å². The molecular weight excluding hydrogens is 472 g/mol. The normalized spacial score (nSPS) is 15.7. The van der Waals surface area contributed by atoms with Crippen LogP contribution in [0, 0.1) is 0 Å². The average Bonchev–Trinajstić information content (AvgIpc) is 3.68. The molecule has 3 aromatic carbocycles. The number of hydrogen-bond acceptors (Lipinski definition) is 4. The average molecular weight is 503 g/mol. The summed E-state index contributed by atoms with van der Waals surface area (Å²) < 4.78 is 0. The van der Waals surface area contributed by atoms with Crippen molar-refractivity contribution in [2.45, 2.75) is 25.7 Å². The second-order valence-corrected chi connectivity index (χ2v) is 10.5. The van der Waals surface area contributed by atoms with E-state index in [0.29, 0.717) is 21.8 Å². The maximum atomic E-state index is 13.2. The minimum absolute atomic E-state index is 0.0690. The molecule has 2 saturated heterocycles. The van der Waals surface area contributed by atoms with Crippen LogP contribution in [0.2, 0.25) is 0 Å². The van der Waals surface area contributed by atoms with E-state index in [1.165, 1.54) is 37.1 Å². The molecule has 2 aromatic heterocycles. The number of nitrogens with zero attached hydrogens (tertiary/aromatic N) is 2. The van der Waals surface area contributed by atoms with Gasteiger partial charge in [-0.3, -0.25) is 9.59 Å². The fourth-order valence-electron chi connectivity index (χ4n) is 5.96. The van der Waals surface area contributed by atoms with Crippen molar-refractivity contribution in [1.29, 1.82) is 0 Å². The molecule has 0 saturated carbocycles. The Morgan fingerprint density at radius 2 is 0.868 bits per heavy atom. The lowest BCUT2D eigenvalue weighted by molar-refractivity contribution is 0.949. The van der Waals surface area contributed by atoms with Crippen molar-refractivity contribution in [3.05, 3.63) is 93.2 Å². The number of nitrogens with one attached hydrogen (secondary N) is 2. The molecule has 4 heterocycles. The van der Waals surface area contributed by atoms with Crippen LogP contribution in [0.3, 0.4) is 0 Å². The highest BCUT2D eigenvalue weighted by atomic mass is 16.1. The van der Waals surface area contributed by atoms with Gasteiger partial charge in [0.25, 0.3) is 0 Å². The molecule has 0 bridgehead atoms. The van der Waals surface area contributed by atoms with E-state index in [4.69, 9.17) is 0 Å². The first-order valence-corrected chi connectivity index (χ1v) is 13.6. The van der Waals surface area contributed by atoms with Crippen molar-refractivity contribution < 1.29 is 0 Å². The predicted molar refractivity (Wildman–Crippen MR) is 156 cm³/mol. The third-order valence-electron chi connectivity index (χ3n) is 8.08. The summed E-state index contributed by atoms with van der Waals surface area (Å²) in [5.74, 6) is 0. The first-order valence-electron chi connectivity index (χ1n) is 13.6.